The van der Waals surface area contributed by atoms with E-state index in [9.17, 15) is 14.0 Å². The number of rotatable bonds is 6. The molecule has 0 radical (unpaired) electrons. The summed E-state index contributed by atoms with van der Waals surface area (Å²) < 4.78 is 13.1. The number of nitrogens with two attached hydrogens (primary N) is 1. The molecule has 0 aliphatic carbocycles. The second kappa shape index (κ2) is 8.22. The van der Waals surface area contributed by atoms with E-state index in [1.807, 2.05) is 30.5 Å². The normalized spacial score (nSPS) is 16.1. The van der Waals surface area contributed by atoms with Gasteiger partial charge in [-0.25, -0.2) is 4.39 Å². The van der Waals surface area contributed by atoms with Gasteiger partial charge in [-0.2, -0.15) is 5.10 Å². The Morgan fingerprint density at radius 3 is 2.48 bits per heavy atom. The van der Waals surface area contributed by atoms with Crippen LogP contribution in [-0.2, 0) is 16.1 Å². The molecule has 0 spiro atoms. The van der Waals surface area contributed by atoms with Crippen LogP contribution in [0.1, 0.15) is 12.0 Å². The third kappa shape index (κ3) is 4.46. The van der Waals surface area contributed by atoms with Crippen molar-refractivity contribution in [2.24, 2.45) is 10.8 Å². The monoisotopic (exact) mass is 386 g/mol. The van der Waals surface area contributed by atoms with Gasteiger partial charge in [0.05, 0.1) is 5.69 Å². The van der Waals surface area contributed by atoms with E-state index in [2.05, 4.69) is 10.4 Å². The van der Waals surface area contributed by atoms with Crippen molar-refractivity contribution in [3.8, 4) is 0 Å². The van der Waals surface area contributed by atoms with Crippen molar-refractivity contribution in [2.75, 3.05) is 11.3 Å². The molecule has 2 aromatic rings. The van der Waals surface area contributed by atoms with Gasteiger partial charge in [-0.05, 0) is 48.2 Å². The highest BCUT2D eigenvalue weighted by molar-refractivity contribution is 7.98. The summed E-state index contributed by atoms with van der Waals surface area (Å²) in [6.07, 6.45) is 2.10. The van der Waals surface area contributed by atoms with Gasteiger partial charge in [0.25, 0.3) is 5.91 Å². The molecule has 2 aromatic carbocycles. The maximum Gasteiger partial charge on any atom is 0.267 e. The van der Waals surface area contributed by atoms with Crippen LogP contribution in [0.15, 0.2) is 58.5 Å². The second-order valence-corrected chi connectivity index (χ2v) is 6.90. The highest BCUT2D eigenvalue weighted by Crippen LogP contribution is 2.25. The minimum atomic E-state index is -0.780. The van der Waals surface area contributed by atoms with Crippen LogP contribution in [0.5, 0.6) is 0 Å². The van der Waals surface area contributed by atoms with E-state index >= 15 is 0 Å². The average molecular weight is 386 g/mol. The molecular formula is C19H19FN4O2S. The number of thioether (sulfide) groups is 1. The van der Waals surface area contributed by atoms with Crippen molar-refractivity contribution >= 4 is 35.0 Å². The van der Waals surface area contributed by atoms with Crippen molar-refractivity contribution in [1.82, 2.24) is 5.32 Å². The van der Waals surface area contributed by atoms with Crippen LogP contribution in [-0.4, -0.2) is 29.8 Å². The van der Waals surface area contributed by atoms with E-state index in [0.717, 1.165) is 10.5 Å². The molecule has 3 N–H and O–H groups in total. The molecule has 27 heavy (non-hydrogen) atoms. The first-order chi connectivity index (χ1) is 13.0. The van der Waals surface area contributed by atoms with E-state index in [0.29, 0.717) is 12.2 Å². The first kappa shape index (κ1) is 18.9. The Hall–Kier alpha value is -2.87. The van der Waals surface area contributed by atoms with Crippen LogP contribution >= 0.6 is 11.8 Å². The number of hydrogen-bond donors (Lipinski definition) is 2. The van der Waals surface area contributed by atoms with Gasteiger partial charge < -0.3 is 11.1 Å². The molecule has 8 heteroatoms. The highest BCUT2D eigenvalue weighted by Gasteiger charge is 2.34. The van der Waals surface area contributed by atoms with Crippen LogP contribution in [0.3, 0.4) is 0 Å². The fourth-order valence-electron chi connectivity index (χ4n) is 2.73. The van der Waals surface area contributed by atoms with E-state index < -0.39 is 17.8 Å². The van der Waals surface area contributed by atoms with Gasteiger partial charge in [-0.1, -0.05) is 12.1 Å². The first-order valence-corrected chi connectivity index (χ1v) is 9.53. The van der Waals surface area contributed by atoms with Crippen LogP contribution < -0.4 is 16.1 Å². The molecule has 0 saturated carbocycles. The Labute approximate surface area is 160 Å². The number of halogens is 1. The number of hydrogen-bond acceptors (Lipinski definition) is 5. The largest absolute Gasteiger partial charge is 0.368 e. The lowest BCUT2D eigenvalue weighted by atomic mass is 10.1. The summed E-state index contributed by atoms with van der Waals surface area (Å²) in [7, 11) is 0. The van der Waals surface area contributed by atoms with Gasteiger partial charge in [0, 0.05) is 17.9 Å². The van der Waals surface area contributed by atoms with Crippen LogP contribution in [0.4, 0.5) is 10.1 Å². The number of carbonyl (C=O) groups is 2. The zero-order chi connectivity index (χ0) is 19.4. The molecule has 1 heterocycles. The molecule has 6 nitrogen and oxygen atoms in total. The maximum absolute atomic E-state index is 13.1. The summed E-state index contributed by atoms with van der Waals surface area (Å²) in [6.45, 7) is 0.351. The van der Waals surface area contributed by atoms with E-state index in [4.69, 9.17) is 5.73 Å². The van der Waals surface area contributed by atoms with Crippen molar-refractivity contribution in [2.45, 2.75) is 23.9 Å². The smallest absolute Gasteiger partial charge is 0.267 e. The van der Waals surface area contributed by atoms with Gasteiger partial charge in [0.1, 0.15) is 17.6 Å². The third-order valence-corrected chi connectivity index (χ3v) is 4.95. The SMILES string of the molecule is CSc1ccc(CNC(=O)C2=NN(c3ccc(F)cc3)C(C(N)=O)C2)cc1. The zero-order valence-corrected chi connectivity index (χ0v) is 15.5. The zero-order valence-electron chi connectivity index (χ0n) is 14.7. The summed E-state index contributed by atoms with van der Waals surface area (Å²) in [4.78, 5) is 25.4. The molecule has 0 bridgehead atoms. The van der Waals surface area contributed by atoms with Crippen molar-refractivity contribution in [1.29, 1.82) is 0 Å². The molecule has 0 fully saturated rings. The lowest BCUT2D eigenvalue weighted by molar-refractivity contribution is -0.119. The van der Waals surface area contributed by atoms with E-state index in [1.54, 1.807) is 11.8 Å². The van der Waals surface area contributed by atoms with Crippen LogP contribution in [0, 0.1) is 5.82 Å². The quantitative estimate of drug-likeness (QED) is 0.746. The van der Waals surface area contributed by atoms with Crippen molar-refractivity contribution in [3.63, 3.8) is 0 Å². The molecule has 1 aliphatic rings. The molecular weight excluding hydrogens is 367 g/mol. The average Bonchev–Trinajstić information content (AvgIpc) is 3.13. The Morgan fingerprint density at radius 1 is 1.22 bits per heavy atom. The molecule has 3 rings (SSSR count). The van der Waals surface area contributed by atoms with Crippen LogP contribution in [0.2, 0.25) is 0 Å². The summed E-state index contributed by atoms with van der Waals surface area (Å²) in [5.41, 5.74) is 7.12. The Bertz CT molecular complexity index is 868. The number of nitrogens with one attached hydrogen (secondary N) is 1. The van der Waals surface area contributed by atoms with Gasteiger partial charge in [0.15, 0.2) is 0 Å². The number of nitrogens with zero attached hydrogens (tertiary/aromatic N) is 2. The summed E-state index contributed by atoms with van der Waals surface area (Å²) in [5.74, 6) is -1.36. The van der Waals surface area contributed by atoms with Gasteiger partial charge in [-0.15, -0.1) is 11.8 Å². The molecule has 1 atom stereocenters. The molecule has 2 amide bonds. The number of anilines is 1. The minimum absolute atomic E-state index is 0.101. The maximum atomic E-state index is 13.1. The first-order valence-electron chi connectivity index (χ1n) is 8.30. The van der Waals surface area contributed by atoms with Gasteiger partial charge in [-0.3, -0.25) is 14.6 Å². The molecule has 1 unspecified atom stereocenters. The Morgan fingerprint density at radius 2 is 1.89 bits per heavy atom. The number of primary amides is 1. The van der Waals surface area contributed by atoms with Crippen LogP contribution in [0.25, 0.3) is 0 Å². The number of carbonyl (C=O) groups excluding carboxylic acids is 2. The lowest BCUT2D eigenvalue weighted by Crippen LogP contribution is -2.39. The minimum Gasteiger partial charge on any atom is -0.368 e. The number of hydrazone groups is 1. The molecule has 140 valence electrons. The highest BCUT2D eigenvalue weighted by atomic mass is 32.2. The Balaban J connectivity index is 1.70. The van der Waals surface area contributed by atoms with Gasteiger partial charge >= 0.3 is 0 Å². The fraction of sp³-hybridized carbons (Fsp3) is 0.211. The number of amides is 2. The molecule has 1 aliphatic heterocycles. The summed E-state index contributed by atoms with van der Waals surface area (Å²) in [5, 5.41) is 8.41. The second-order valence-electron chi connectivity index (χ2n) is 6.02. The third-order valence-electron chi connectivity index (χ3n) is 4.20. The topological polar surface area (TPSA) is 87.8 Å². The Kier molecular flexibility index (Phi) is 5.75. The van der Waals surface area contributed by atoms with Crippen molar-refractivity contribution in [3.05, 3.63) is 59.9 Å². The van der Waals surface area contributed by atoms with Crippen molar-refractivity contribution < 1.29 is 14.0 Å². The molecule has 0 aromatic heterocycles. The standard InChI is InChI=1S/C19H19FN4O2S/c1-27-15-8-2-12(3-9-15)11-22-19(26)16-10-17(18(21)25)24(23-16)14-6-4-13(20)5-7-14/h2-9,17H,10-11H2,1H3,(H2,21,25)(H,22,26). The summed E-state index contributed by atoms with van der Waals surface area (Å²) in [6, 6.07) is 12.6. The lowest BCUT2D eigenvalue weighted by Gasteiger charge is -2.20. The van der Waals surface area contributed by atoms with E-state index in [-0.39, 0.29) is 18.0 Å². The predicted octanol–water partition coefficient (Wildman–Crippen LogP) is 2.28. The molecule has 0 saturated heterocycles. The fourth-order valence-corrected chi connectivity index (χ4v) is 3.14. The van der Waals surface area contributed by atoms with Gasteiger partial charge in [0.2, 0.25) is 5.91 Å². The van der Waals surface area contributed by atoms with E-state index in [1.165, 1.54) is 29.3 Å². The number of benzene rings is 2. The summed E-state index contributed by atoms with van der Waals surface area (Å²) >= 11 is 1.64. The predicted molar refractivity (Wildman–Crippen MR) is 104 cm³/mol.